The number of fused-ring (bicyclic) bond motifs is 1. The van der Waals surface area contributed by atoms with Crippen molar-refractivity contribution >= 4 is 40.1 Å². The molecule has 3 heterocycles. The summed E-state index contributed by atoms with van der Waals surface area (Å²) < 4.78 is 7.67. The molecule has 0 aliphatic heterocycles. The molecule has 38 heavy (non-hydrogen) atoms. The highest BCUT2D eigenvalue weighted by atomic mass is 35.5. The Kier molecular flexibility index (Phi) is 6.66. The summed E-state index contributed by atoms with van der Waals surface area (Å²) in [5.41, 5.74) is 2.74. The van der Waals surface area contributed by atoms with E-state index in [1.165, 1.54) is 25.5 Å². The summed E-state index contributed by atoms with van der Waals surface area (Å²) in [6.07, 6.45) is 13.7. The minimum Gasteiger partial charge on any atom is -0.472 e. The van der Waals surface area contributed by atoms with Crippen LogP contribution in [-0.4, -0.2) is 31.9 Å². The van der Waals surface area contributed by atoms with E-state index in [4.69, 9.17) is 21.0 Å². The van der Waals surface area contributed by atoms with Crippen molar-refractivity contribution in [3.63, 3.8) is 0 Å². The lowest BCUT2D eigenvalue weighted by Gasteiger charge is -2.29. The predicted octanol–water partition coefficient (Wildman–Crippen LogP) is 6.53. The molecule has 4 aromatic rings. The highest BCUT2D eigenvalue weighted by Crippen LogP contribution is 2.37. The Bertz CT molecular complexity index is 1450. The molecule has 2 N–H and O–H groups in total. The molecule has 0 spiro atoms. The standard InChI is InChI=1S/C29H30ClN5O3/c30-25-11-9-21(17-31-25)32-28(37)29(13-4-5-14-29)34-27(36)19-8-10-24-23(16-19)33-26(20-12-15-38-18-20)35(24)22-6-2-1-3-7-22/h8-12,15-18,22H,1-7,13-14H2,(H,32,37)(H,34,36). The molecular weight excluding hydrogens is 502 g/mol. The van der Waals surface area contributed by atoms with Crippen LogP contribution >= 0.6 is 11.6 Å². The zero-order valence-corrected chi connectivity index (χ0v) is 21.8. The summed E-state index contributed by atoms with van der Waals surface area (Å²) >= 11 is 5.87. The molecule has 0 atom stereocenters. The Balaban J connectivity index is 1.29. The second-order valence-corrected chi connectivity index (χ2v) is 10.8. The fraction of sp³-hybridized carbons (Fsp3) is 0.379. The average Bonchev–Trinajstić information content (AvgIpc) is 3.70. The fourth-order valence-electron chi connectivity index (χ4n) is 5.92. The first-order chi connectivity index (χ1) is 18.5. The number of benzene rings is 1. The van der Waals surface area contributed by atoms with Crippen molar-refractivity contribution in [2.24, 2.45) is 0 Å². The first-order valence-electron chi connectivity index (χ1n) is 13.3. The number of imidazole rings is 1. The molecule has 2 fully saturated rings. The van der Waals surface area contributed by atoms with Crippen LogP contribution in [0.25, 0.3) is 22.4 Å². The maximum absolute atomic E-state index is 13.5. The number of aromatic nitrogens is 3. The van der Waals surface area contributed by atoms with E-state index < -0.39 is 5.54 Å². The minimum atomic E-state index is -0.977. The largest absolute Gasteiger partial charge is 0.472 e. The number of anilines is 1. The molecule has 9 heteroatoms. The van der Waals surface area contributed by atoms with Crippen molar-refractivity contribution in [2.75, 3.05) is 5.32 Å². The van der Waals surface area contributed by atoms with Gasteiger partial charge in [0, 0.05) is 11.6 Å². The van der Waals surface area contributed by atoms with Crippen molar-refractivity contribution < 1.29 is 14.0 Å². The zero-order valence-electron chi connectivity index (χ0n) is 21.1. The van der Waals surface area contributed by atoms with Gasteiger partial charge in [-0.15, -0.1) is 0 Å². The number of halogens is 1. The SMILES string of the molecule is O=C(NC1(C(=O)Nc2ccc(Cl)nc2)CCCC1)c1ccc2c(c1)nc(-c1ccoc1)n2C1CCCCC1. The molecule has 196 valence electrons. The Morgan fingerprint density at radius 3 is 2.55 bits per heavy atom. The third-order valence-corrected chi connectivity index (χ3v) is 8.12. The number of nitrogens with one attached hydrogen (secondary N) is 2. The highest BCUT2D eigenvalue weighted by molar-refractivity contribution is 6.29. The fourth-order valence-corrected chi connectivity index (χ4v) is 6.03. The van der Waals surface area contributed by atoms with Crippen LogP contribution in [0.2, 0.25) is 5.15 Å². The number of carbonyl (C=O) groups is 2. The minimum absolute atomic E-state index is 0.239. The molecule has 6 rings (SSSR count). The molecule has 0 radical (unpaired) electrons. The van der Waals surface area contributed by atoms with Crippen molar-refractivity contribution in [1.29, 1.82) is 0 Å². The summed E-state index contributed by atoms with van der Waals surface area (Å²) in [4.78, 5) is 35.8. The lowest BCUT2D eigenvalue weighted by Crippen LogP contribution is -2.55. The Morgan fingerprint density at radius 2 is 1.84 bits per heavy atom. The summed E-state index contributed by atoms with van der Waals surface area (Å²) in [7, 11) is 0. The van der Waals surface area contributed by atoms with E-state index in [0.717, 1.165) is 48.1 Å². The van der Waals surface area contributed by atoms with Gasteiger partial charge in [0.15, 0.2) is 0 Å². The van der Waals surface area contributed by atoms with Crippen molar-refractivity contribution in [3.8, 4) is 11.4 Å². The van der Waals surface area contributed by atoms with Crippen LogP contribution in [0.3, 0.4) is 0 Å². The van der Waals surface area contributed by atoms with Crippen LogP contribution in [0, 0.1) is 0 Å². The number of carbonyl (C=O) groups excluding carboxylic acids is 2. The molecule has 2 aliphatic carbocycles. The van der Waals surface area contributed by atoms with Gasteiger partial charge in [-0.05, 0) is 62.1 Å². The van der Waals surface area contributed by atoms with Gasteiger partial charge in [0.25, 0.3) is 5.91 Å². The number of hydrogen-bond acceptors (Lipinski definition) is 5. The van der Waals surface area contributed by atoms with Gasteiger partial charge in [0.05, 0.1) is 34.7 Å². The van der Waals surface area contributed by atoms with E-state index in [0.29, 0.717) is 35.3 Å². The molecule has 2 saturated carbocycles. The van der Waals surface area contributed by atoms with E-state index in [-0.39, 0.29) is 11.8 Å². The monoisotopic (exact) mass is 531 g/mol. The van der Waals surface area contributed by atoms with E-state index in [1.54, 1.807) is 24.7 Å². The average molecular weight is 532 g/mol. The molecule has 2 amide bonds. The second kappa shape index (κ2) is 10.3. The van der Waals surface area contributed by atoms with Gasteiger partial charge in [-0.3, -0.25) is 9.59 Å². The lowest BCUT2D eigenvalue weighted by atomic mass is 9.94. The van der Waals surface area contributed by atoms with Gasteiger partial charge < -0.3 is 19.6 Å². The van der Waals surface area contributed by atoms with Crippen LogP contribution in [0.4, 0.5) is 5.69 Å². The number of furan rings is 1. The van der Waals surface area contributed by atoms with Gasteiger partial charge >= 0.3 is 0 Å². The van der Waals surface area contributed by atoms with E-state index in [2.05, 4.69) is 20.2 Å². The van der Waals surface area contributed by atoms with Crippen LogP contribution in [0.1, 0.15) is 74.2 Å². The third kappa shape index (κ3) is 4.69. The summed E-state index contributed by atoms with van der Waals surface area (Å²) in [5, 5.41) is 6.32. The molecule has 0 saturated heterocycles. The second-order valence-electron chi connectivity index (χ2n) is 10.4. The summed E-state index contributed by atoms with van der Waals surface area (Å²) in [5.74, 6) is 0.342. The zero-order chi connectivity index (χ0) is 26.1. The Hall–Kier alpha value is -3.65. The van der Waals surface area contributed by atoms with Gasteiger partial charge in [0.2, 0.25) is 5.91 Å². The molecule has 2 aliphatic rings. The molecule has 3 aromatic heterocycles. The van der Waals surface area contributed by atoms with Gasteiger partial charge in [-0.25, -0.2) is 9.97 Å². The number of hydrogen-bond donors (Lipinski definition) is 2. The van der Waals surface area contributed by atoms with Crippen LogP contribution in [0.15, 0.2) is 59.5 Å². The predicted molar refractivity (Wildman–Crippen MR) is 146 cm³/mol. The van der Waals surface area contributed by atoms with Crippen LogP contribution in [-0.2, 0) is 4.79 Å². The molecule has 8 nitrogen and oxygen atoms in total. The Morgan fingerprint density at radius 1 is 1.03 bits per heavy atom. The number of rotatable bonds is 6. The molecule has 0 unspecified atom stereocenters. The molecular formula is C29H30ClN5O3. The number of nitrogens with zero attached hydrogens (tertiary/aromatic N) is 3. The van der Waals surface area contributed by atoms with Crippen LogP contribution in [0.5, 0.6) is 0 Å². The van der Waals surface area contributed by atoms with Gasteiger partial charge in [0.1, 0.15) is 22.8 Å². The first-order valence-corrected chi connectivity index (χ1v) is 13.7. The lowest BCUT2D eigenvalue weighted by molar-refractivity contribution is -0.122. The van der Waals surface area contributed by atoms with Gasteiger partial charge in [-0.2, -0.15) is 0 Å². The van der Waals surface area contributed by atoms with E-state index >= 15 is 0 Å². The summed E-state index contributed by atoms with van der Waals surface area (Å²) in [6, 6.07) is 11.3. The topological polar surface area (TPSA) is 102 Å². The maximum Gasteiger partial charge on any atom is 0.252 e. The van der Waals surface area contributed by atoms with E-state index in [9.17, 15) is 9.59 Å². The van der Waals surface area contributed by atoms with Crippen molar-refractivity contribution in [1.82, 2.24) is 19.9 Å². The van der Waals surface area contributed by atoms with Gasteiger partial charge in [-0.1, -0.05) is 43.7 Å². The third-order valence-electron chi connectivity index (χ3n) is 7.90. The number of pyridine rings is 1. The normalized spacial score (nSPS) is 17.5. The summed E-state index contributed by atoms with van der Waals surface area (Å²) in [6.45, 7) is 0. The molecule has 0 bridgehead atoms. The van der Waals surface area contributed by atoms with Crippen molar-refractivity contribution in [3.05, 3.63) is 65.8 Å². The smallest absolute Gasteiger partial charge is 0.252 e. The van der Waals surface area contributed by atoms with Crippen molar-refractivity contribution in [2.45, 2.75) is 69.4 Å². The van der Waals surface area contributed by atoms with E-state index in [1.807, 2.05) is 24.3 Å². The Labute approximate surface area is 225 Å². The molecule has 1 aromatic carbocycles. The highest BCUT2D eigenvalue weighted by Gasteiger charge is 2.42. The van der Waals surface area contributed by atoms with Crippen LogP contribution < -0.4 is 10.6 Å². The quantitative estimate of drug-likeness (QED) is 0.275. The maximum atomic E-state index is 13.5. The first kappa shape index (κ1) is 24.7. The number of amides is 2.